The Balaban J connectivity index is 1.92. The molecule has 0 aromatic heterocycles. The van der Waals surface area contributed by atoms with E-state index in [1.54, 1.807) is 7.11 Å². The first-order valence-electron chi connectivity index (χ1n) is 9.59. The van der Waals surface area contributed by atoms with Crippen molar-refractivity contribution in [2.24, 2.45) is 0 Å². The number of amides is 1. The number of nitrogens with one attached hydrogen (secondary N) is 2. The summed E-state index contributed by atoms with van der Waals surface area (Å²) in [5.41, 5.74) is 3.63. The Hall–Kier alpha value is -2.53. The normalized spacial score (nSPS) is 10.7. The molecule has 0 fully saturated rings. The van der Waals surface area contributed by atoms with E-state index in [-0.39, 0.29) is 5.91 Å². The molecule has 0 aliphatic carbocycles. The summed E-state index contributed by atoms with van der Waals surface area (Å²) in [5.74, 6) is 0.781. The second-order valence-electron chi connectivity index (χ2n) is 6.52. The number of carbonyl (C=O) groups excluding carboxylic acids is 1. The summed E-state index contributed by atoms with van der Waals surface area (Å²) in [7, 11) is 1.65. The summed E-state index contributed by atoms with van der Waals surface area (Å²) in [5, 5.41) is 6.38. The van der Waals surface area contributed by atoms with Crippen molar-refractivity contribution in [2.75, 3.05) is 38.6 Å². The summed E-state index contributed by atoms with van der Waals surface area (Å²) in [6.45, 7) is 10.1. The summed E-state index contributed by atoms with van der Waals surface area (Å²) >= 11 is 0. The quantitative estimate of drug-likeness (QED) is 0.616. The van der Waals surface area contributed by atoms with E-state index >= 15 is 0 Å². The van der Waals surface area contributed by atoms with Crippen molar-refractivity contribution in [3.8, 4) is 5.75 Å². The lowest BCUT2D eigenvalue weighted by molar-refractivity contribution is 0.0952. The first-order chi connectivity index (χ1) is 13.1. The van der Waals surface area contributed by atoms with E-state index in [1.165, 1.54) is 0 Å². The highest BCUT2D eigenvalue weighted by atomic mass is 16.5. The Labute approximate surface area is 162 Å². The van der Waals surface area contributed by atoms with Gasteiger partial charge in [0.05, 0.1) is 7.11 Å². The molecule has 0 aliphatic heterocycles. The maximum atomic E-state index is 12.4. The lowest BCUT2D eigenvalue weighted by Crippen LogP contribution is -2.29. The van der Waals surface area contributed by atoms with Gasteiger partial charge in [-0.15, -0.1) is 0 Å². The summed E-state index contributed by atoms with van der Waals surface area (Å²) in [6.07, 6.45) is 0.960. The summed E-state index contributed by atoms with van der Waals surface area (Å²) in [6, 6.07) is 13.5. The van der Waals surface area contributed by atoms with E-state index in [9.17, 15) is 4.79 Å². The minimum atomic E-state index is -0.0226. The highest BCUT2D eigenvalue weighted by Crippen LogP contribution is 2.24. The van der Waals surface area contributed by atoms with Gasteiger partial charge < -0.3 is 20.3 Å². The number of benzene rings is 2. The van der Waals surface area contributed by atoms with Gasteiger partial charge in [0, 0.05) is 29.5 Å². The molecule has 0 saturated carbocycles. The van der Waals surface area contributed by atoms with Crippen LogP contribution in [0.5, 0.6) is 5.75 Å². The molecule has 2 N–H and O–H groups in total. The molecule has 0 atom stereocenters. The van der Waals surface area contributed by atoms with Gasteiger partial charge in [-0.1, -0.05) is 19.9 Å². The fourth-order valence-electron chi connectivity index (χ4n) is 2.95. The zero-order chi connectivity index (χ0) is 19.6. The van der Waals surface area contributed by atoms with Crippen molar-refractivity contribution in [3.63, 3.8) is 0 Å². The molecule has 0 aliphatic rings. The first-order valence-corrected chi connectivity index (χ1v) is 9.59. The lowest BCUT2D eigenvalue weighted by Gasteiger charge is -2.17. The average molecular weight is 370 g/mol. The number of hydrogen-bond acceptors (Lipinski definition) is 4. The zero-order valence-electron chi connectivity index (χ0n) is 16.8. The maximum Gasteiger partial charge on any atom is 0.251 e. The number of nitrogens with zero attached hydrogens (tertiary/aromatic N) is 1. The van der Waals surface area contributed by atoms with E-state index in [0.29, 0.717) is 12.1 Å². The van der Waals surface area contributed by atoms with Crippen LogP contribution in [0.2, 0.25) is 0 Å². The van der Waals surface area contributed by atoms with Gasteiger partial charge in [-0.3, -0.25) is 4.79 Å². The topological polar surface area (TPSA) is 53.6 Å². The van der Waals surface area contributed by atoms with Gasteiger partial charge in [0.15, 0.2) is 0 Å². The molecule has 0 spiro atoms. The smallest absolute Gasteiger partial charge is 0.251 e. The molecule has 0 radical (unpaired) electrons. The summed E-state index contributed by atoms with van der Waals surface area (Å²) < 4.78 is 5.25. The van der Waals surface area contributed by atoms with Crippen LogP contribution in [0.1, 0.15) is 36.2 Å². The number of anilines is 2. The fraction of sp³-hybridized carbons (Fsp3) is 0.409. The van der Waals surface area contributed by atoms with Crippen LogP contribution in [-0.4, -0.2) is 44.1 Å². The number of methoxy groups -OCH3 is 1. The Morgan fingerprint density at radius 3 is 2.56 bits per heavy atom. The van der Waals surface area contributed by atoms with Crippen LogP contribution in [0, 0.1) is 6.92 Å². The van der Waals surface area contributed by atoms with E-state index in [0.717, 1.165) is 48.7 Å². The molecular weight excluding hydrogens is 338 g/mol. The average Bonchev–Trinajstić information content (AvgIpc) is 2.69. The number of carbonyl (C=O) groups is 1. The van der Waals surface area contributed by atoms with Crippen LogP contribution < -0.4 is 15.4 Å². The van der Waals surface area contributed by atoms with E-state index in [1.807, 2.05) is 49.4 Å². The first kappa shape index (κ1) is 20.8. The molecule has 0 unspecified atom stereocenters. The van der Waals surface area contributed by atoms with Crippen LogP contribution in [-0.2, 0) is 0 Å². The maximum absolute atomic E-state index is 12.4. The van der Waals surface area contributed by atoms with Crippen LogP contribution >= 0.6 is 0 Å². The van der Waals surface area contributed by atoms with Crippen LogP contribution in [0.15, 0.2) is 42.5 Å². The minimum Gasteiger partial charge on any atom is -0.497 e. The second-order valence-corrected chi connectivity index (χ2v) is 6.52. The lowest BCUT2D eigenvalue weighted by atomic mass is 10.1. The van der Waals surface area contributed by atoms with Gasteiger partial charge in [-0.25, -0.2) is 0 Å². The molecule has 2 aromatic rings. The fourth-order valence-corrected chi connectivity index (χ4v) is 2.95. The van der Waals surface area contributed by atoms with Crippen LogP contribution in [0.25, 0.3) is 0 Å². The molecule has 0 bridgehead atoms. The third-order valence-electron chi connectivity index (χ3n) is 4.67. The molecule has 27 heavy (non-hydrogen) atoms. The molecule has 0 saturated heterocycles. The van der Waals surface area contributed by atoms with Gasteiger partial charge in [0.1, 0.15) is 5.75 Å². The monoisotopic (exact) mass is 369 g/mol. The van der Waals surface area contributed by atoms with E-state index in [2.05, 4.69) is 29.4 Å². The van der Waals surface area contributed by atoms with Crippen molar-refractivity contribution in [2.45, 2.75) is 27.2 Å². The molecule has 1 amide bonds. The van der Waals surface area contributed by atoms with Gasteiger partial charge in [-0.2, -0.15) is 0 Å². The molecule has 0 heterocycles. The number of rotatable bonds is 10. The van der Waals surface area contributed by atoms with Gasteiger partial charge in [0.2, 0.25) is 0 Å². The van der Waals surface area contributed by atoms with Crippen molar-refractivity contribution in [1.29, 1.82) is 0 Å². The molecule has 2 aromatic carbocycles. The third kappa shape index (κ3) is 6.29. The molecule has 5 heteroatoms. The largest absolute Gasteiger partial charge is 0.497 e. The minimum absolute atomic E-state index is 0.0226. The third-order valence-corrected chi connectivity index (χ3v) is 4.67. The highest BCUT2D eigenvalue weighted by molar-refractivity contribution is 5.95. The Bertz CT molecular complexity index is 742. The van der Waals surface area contributed by atoms with Gasteiger partial charge in [-0.05, 0) is 68.9 Å². The van der Waals surface area contributed by atoms with Crippen molar-refractivity contribution in [1.82, 2.24) is 10.2 Å². The zero-order valence-corrected chi connectivity index (χ0v) is 16.8. The van der Waals surface area contributed by atoms with Crippen LogP contribution in [0.3, 0.4) is 0 Å². The summed E-state index contributed by atoms with van der Waals surface area (Å²) in [4.78, 5) is 14.7. The number of hydrogen-bond donors (Lipinski definition) is 2. The Kier molecular flexibility index (Phi) is 8.14. The SMILES string of the molecule is CCN(CC)CCCNC(=O)c1ccc(Nc2cccc(OC)c2)c(C)c1. The van der Waals surface area contributed by atoms with Crippen molar-refractivity contribution in [3.05, 3.63) is 53.6 Å². The Morgan fingerprint density at radius 2 is 1.89 bits per heavy atom. The predicted octanol–water partition coefficient (Wildman–Crippen LogP) is 4.21. The standard InChI is InChI=1S/C22H31N3O2/c1-5-25(6-2)14-8-13-23-22(26)18-11-12-21(17(3)15-18)24-19-9-7-10-20(16-19)27-4/h7,9-12,15-16,24H,5-6,8,13-14H2,1-4H3,(H,23,26). The van der Waals surface area contributed by atoms with Gasteiger partial charge in [0.25, 0.3) is 5.91 Å². The van der Waals surface area contributed by atoms with E-state index < -0.39 is 0 Å². The van der Waals surface area contributed by atoms with Crippen LogP contribution in [0.4, 0.5) is 11.4 Å². The molecular formula is C22H31N3O2. The Morgan fingerprint density at radius 1 is 1.11 bits per heavy atom. The number of aryl methyl sites for hydroxylation is 1. The predicted molar refractivity (Wildman–Crippen MR) is 112 cm³/mol. The van der Waals surface area contributed by atoms with E-state index in [4.69, 9.17) is 4.74 Å². The highest BCUT2D eigenvalue weighted by Gasteiger charge is 2.08. The number of ether oxygens (including phenoxy) is 1. The van der Waals surface area contributed by atoms with Crippen molar-refractivity contribution >= 4 is 17.3 Å². The van der Waals surface area contributed by atoms with Gasteiger partial charge >= 0.3 is 0 Å². The molecule has 2 rings (SSSR count). The van der Waals surface area contributed by atoms with Crippen molar-refractivity contribution < 1.29 is 9.53 Å². The molecule has 5 nitrogen and oxygen atoms in total. The second kappa shape index (κ2) is 10.6. The molecule has 146 valence electrons.